The molecule has 1 aromatic rings. The molecule has 0 spiro atoms. The molecule has 0 radical (unpaired) electrons. The third-order valence-electron chi connectivity index (χ3n) is 1.79. The SMILES string of the molecule is COc1ccc(/C=C/C(=O)NC(N)=O)cc1. The van der Waals surface area contributed by atoms with Gasteiger partial charge in [-0.3, -0.25) is 10.1 Å². The number of carbonyl (C=O) groups is 2. The van der Waals surface area contributed by atoms with E-state index >= 15 is 0 Å². The van der Waals surface area contributed by atoms with Gasteiger partial charge in [0.1, 0.15) is 5.75 Å². The number of primary amides is 1. The summed E-state index contributed by atoms with van der Waals surface area (Å²) in [6, 6.07) is 6.24. The number of hydrogen-bond donors (Lipinski definition) is 2. The first-order valence-electron chi connectivity index (χ1n) is 4.54. The lowest BCUT2D eigenvalue weighted by Gasteiger charge is -1.99. The molecule has 1 aromatic carbocycles. The van der Waals surface area contributed by atoms with Gasteiger partial charge in [0.15, 0.2) is 0 Å². The minimum absolute atomic E-state index is 0.552. The van der Waals surface area contributed by atoms with Crippen LogP contribution >= 0.6 is 0 Å². The van der Waals surface area contributed by atoms with Gasteiger partial charge in [0.05, 0.1) is 7.11 Å². The zero-order valence-electron chi connectivity index (χ0n) is 8.77. The van der Waals surface area contributed by atoms with Gasteiger partial charge in [-0.25, -0.2) is 4.79 Å². The molecule has 5 nitrogen and oxygen atoms in total. The summed E-state index contributed by atoms with van der Waals surface area (Å²) < 4.78 is 4.98. The molecule has 16 heavy (non-hydrogen) atoms. The maximum Gasteiger partial charge on any atom is 0.319 e. The first-order valence-corrected chi connectivity index (χ1v) is 4.54. The van der Waals surface area contributed by atoms with E-state index in [0.29, 0.717) is 0 Å². The van der Waals surface area contributed by atoms with Gasteiger partial charge >= 0.3 is 6.03 Å². The molecule has 0 aliphatic heterocycles. The third kappa shape index (κ3) is 3.83. The van der Waals surface area contributed by atoms with Crippen molar-refractivity contribution in [3.8, 4) is 5.75 Å². The van der Waals surface area contributed by atoms with E-state index in [1.54, 1.807) is 37.5 Å². The molecule has 1 rings (SSSR count). The van der Waals surface area contributed by atoms with Gasteiger partial charge < -0.3 is 10.5 Å². The predicted octanol–water partition coefficient (Wildman–Crippen LogP) is 0.903. The second kappa shape index (κ2) is 5.55. The fourth-order valence-corrected chi connectivity index (χ4v) is 1.05. The summed E-state index contributed by atoms with van der Waals surface area (Å²) in [5, 5.41) is 1.92. The van der Waals surface area contributed by atoms with Gasteiger partial charge in [0.25, 0.3) is 5.91 Å². The molecule has 0 aliphatic carbocycles. The van der Waals surface area contributed by atoms with Crippen molar-refractivity contribution in [3.63, 3.8) is 0 Å². The Balaban J connectivity index is 2.62. The van der Waals surface area contributed by atoms with Crippen LogP contribution in [-0.2, 0) is 4.79 Å². The zero-order chi connectivity index (χ0) is 12.0. The minimum atomic E-state index is -0.871. The van der Waals surface area contributed by atoms with E-state index in [0.717, 1.165) is 11.3 Å². The molecule has 0 unspecified atom stereocenters. The number of amides is 3. The van der Waals surface area contributed by atoms with Gasteiger partial charge in [0.2, 0.25) is 0 Å². The normalized spacial score (nSPS) is 10.1. The molecule has 84 valence electrons. The summed E-state index contributed by atoms with van der Waals surface area (Å²) in [6.07, 6.45) is 2.80. The number of carbonyl (C=O) groups excluding carboxylic acids is 2. The number of benzene rings is 1. The van der Waals surface area contributed by atoms with Crippen molar-refractivity contribution in [3.05, 3.63) is 35.9 Å². The summed E-state index contributed by atoms with van der Waals surface area (Å²) >= 11 is 0. The molecule has 0 heterocycles. The number of urea groups is 1. The molecule has 0 saturated heterocycles. The average molecular weight is 220 g/mol. The van der Waals surface area contributed by atoms with E-state index < -0.39 is 11.9 Å². The van der Waals surface area contributed by atoms with E-state index in [1.807, 2.05) is 5.32 Å². The average Bonchev–Trinajstić information content (AvgIpc) is 2.26. The standard InChI is InChI=1S/C11H12N2O3/c1-16-9-5-2-8(3-6-9)4-7-10(14)13-11(12)15/h2-7H,1H3,(H3,12,13,14,15)/b7-4+. The first-order chi connectivity index (χ1) is 7.61. The van der Waals surface area contributed by atoms with Crippen LogP contribution < -0.4 is 15.8 Å². The predicted molar refractivity (Wildman–Crippen MR) is 59.8 cm³/mol. The molecule has 3 amide bonds. The van der Waals surface area contributed by atoms with Crippen LogP contribution in [0, 0.1) is 0 Å². The van der Waals surface area contributed by atoms with Crippen LogP contribution in [-0.4, -0.2) is 19.0 Å². The van der Waals surface area contributed by atoms with E-state index in [2.05, 4.69) is 0 Å². The largest absolute Gasteiger partial charge is 0.497 e. The Morgan fingerprint density at radius 2 is 1.94 bits per heavy atom. The number of methoxy groups -OCH3 is 1. The Morgan fingerprint density at radius 3 is 2.44 bits per heavy atom. The number of ether oxygens (including phenoxy) is 1. The van der Waals surface area contributed by atoms with Crippen molar-refractivity contribution in [2.24, 2.45) is 5.73 Å². The Bertz CT molecular complexity index is 410. The van der Waals surface area contributed by atoms with Crippen molar-refractivity contribution in [1.82, 2.24) is 5.32 Å². The molecular formula is C11H12N2O3. The fourth-order valence-electron chi connectivity index (χ4n) is 1.05. The monoisotopic (exact) mass is 220 g/mol. The number of rotatable bonds is 3. The van der Waals surface area contributed by atoms with Crippen LogP contribution in [0.1, 0.15) is 5.56 Å². The highest BCUT2D eigenvalue weighted by Crippen LogP contribution is 2.11. The van der Waals surface area contributed by atoms with E-state index in [9.17, 15) is 9.59 Å². The number of imide groups is 1. The molecular weight excluding hydrogens is 208 g/mol. The molecule has 0 aliphatic rings. The number of hydrogen-bond acceptors (Lipinski definition) is 3. The summed E-state index contributed by atoms with van der Waals surface area (Å²) in [6.45, 7) is 0. The van der Waals surface area contributed by atoms with E-state index in [4.69, 9.17) is 10.5 Å². The van der Waals surface area contributed by atoms with Crippen LogP contribution in [0.5, 0.6) is 5.75 Å². The molecule has 3 N–H and O–H groups in total. The van der Waals surface area contributed by atoms with Crippen molar-refractivity contribution in [1.29, 1.82) is 0 Å². The third-order valence-corrected chi connectivity index (χ3v) is 1.79. The number of nitrogens with one attached hydrogen (secondary N) is 1. The summed E-state index contributed by atoms with van der Waals surface area (Å²) in [5.74, 6) is 0.182. The lowest BCUT2D eigenvalue weighted by molar-refractivity contribution is -0.115. The quantitative estimate of drug-likeness (QED) is 0.742. The van der Waals surface area contributed by atoms with Gasteiger partial charge in [-0.2, -0.15) is 0 Å². The molecule has 0 atom stereocenters. The van der Waals surface area contributed by atoms with Crippen molar-refractivity contribution >= 4 is 18.0 Å². The van der Waals surface area contributed by atoms with Crippen LogP contribution in [0.25, 0.3) is 6.08 Å². The Hall–Kier alpha value is -2.30. The topological polar surface area (TPSA) is 81.4 Å². The summed E-state index contributed by atoms with van der Waals surface area (Å²) in [4.78, 5) is 21.4. The summed E-state index contributed by atoms with van der Waals surface area (Å²) in [5.41, 5.74) is 5.60. The smallest absolute Gasteiger partial charge is 0.319 e. The Labute approximate surface area is 92.9 Å². The van der Waals surface area contributed by atoms with E-state index in [1.165, 1.54) is 6.08 Å². The van der Waals surface area contributed by atoms with Crippen molar-refractivity contribution in [2.45, 2.75) is 0 Å². The Morgan fingerprint density at radius 1 is 1.31 bits per heavy atom. The van der Waals surface area contributed by atoms with Gasteiger partial charge in [-0.1, -0.05) is 12.1 Å². The lowest BCUT2D eigenvalue weighted by Crippen LogP contribution is -2.33. The van der Waals surface area contributed by atoms with Crippen molar-refractivity contribution < 1.29 is 14.3 Å². The first kappa shape index (κ1) is 11.8. The zero-order valence-corrected chi connectivity index (χ0v) is 8.77. The second-order valence-electron chi connectivity index (χ2n) is 2.96. The maximum absolute atomic E-state index is 11.0. The van der Waals surface area contributed by atoms with Gasteiger partial charge in [0, 0.05) is 6.08 Å². The van der Waals surface area contributed by atoms with Crippen molar-refractivity contribution in [2.75, 3.05) is 7.11 Å². The Kier molecular flexibility index (Phi) is 4.08. The van der Waals surface area contributed by atoms with Crippen LogP contribution in [0.3, 0.4) is 0 Å². The fraction of sp³-hybridized carbons (Fsp3) is 0.0909. The molecule has 0 bridgehead atoms. The van der Waals surface area contributed by atoms with Crippen LogP contribution in [0.15, 0.2) is 30.3 Å². The second-order valence-corrected chi connectivity index (χ2v) is 2.96. The summed E-state index contributed by atoms with van der Waals surface area (Å²) in [7, 11) is 1.57. The molecule has 0 fully saturated rings. The number of nitrogens with two attached hydrogens (primary N) is 1. The molecule has 0 aromatic heterocycles. The highest BCUT2D eigenvalue weighted by molar-refractivity contribution is 6.01. The van der Waals surface area contributed by atoms with Gasteiger partial charge in [-0.05, 0) is 23.8 Å². The lowest BCUT2D eigenvalue weighted by atomic mass is 10.2. The highest BCUT2D eigenvalue weighted by Gasteiger charge is 1.98. The van der Waals surface area contributed by atoms with Crippen LogP contribution in [0.2, 0.25) is 0 Å². The van der Waals surface area contributed by atoms with Gasteiger partial charge in [-0.15, -0.1) is 0 Å². The molecule has 0 saturated carbocycles. The highest BCUT2D eigenvalue weighted by atomic mass is 16.5. The minimum Gasteiger partial charge on any atom is -0.497 e. The van der Waals surface area contributed by atoms with Crippen LogP contribution in [0.4, 0.5) is 4.79 Å². The van der Waals surface area contributed by atoms with E-state index in [-0.39, 0.29) is 0 Å². The molecule has 5 heteroatoms. The maximum atomic E-state index is 11.0.